The molecule has 1 aromatic rings. The van der Waals surface area contributed by atoms with E-state index in [2.05, 4.69) is 10.6 Å². The monoisotopic (exact) mass is 300 g/mol. The minimum Gasteiger partial charge on any atom is -0.353 e. The van der Waals surface area contributed by atoms with E-state index in [9.17, 15) is 18.0 Å². The molecule has 0 aromatic heterocycles. The topological polar surface area (TPSA) is 41.1 Å². The van der Waals surface area contributed by atoms with Crippen LogP contribution in [0, 0.1) is 0 Å². The van der Waals surface area contributed by atoms with Crippen LogP contribution >= 0.6 is 0 Å². The highest BCUT2D eigenvalue weighted by molar-refractivity contribution is 5.78. The highest BCUT2D eigenvalue weighted by Gasteiger charge is 2.30. The molecule has 116 valence electrons. The zero-order chi connectivity index (χ0) is 15.5. The van der Waals surface area contributed by atoms with Crippen molar-refractivity contribution in [2.24, 2.45) is 0 Å². The fourth-order valence-electron chi connectivity index (χ4n) is 2.58. The van der Waals surface area contributed by atoms with Gasteiger partial charge in [0, 0.05) is 12.1 Å². The Bertz CT molecular complexity index is 502. The van der Waals surface area contributed by atoms with E-state index >= 15 is 0 Å². The van der Waals surface area contributed by atoms with Gasteiger partial charge < -0.3 is 10.6 Å². The summed E-state index contributed by atoms with van der Waals surface area (Å²) in [6.45, 7) is 2.89. The third-order valence-corrected chi connectivity index (χ3v) is 3.61. The Balaban J connectivity index is 1.93. The molecule has 0 radical (unpaired) electrons. The standard InChI is InChI=1S/C15H19F3N2O/c1-10-7-13(5-6-19-10)20-14(21)9-11-3-2-4-12(8-11)15(16,17)18/h2-4,8,10,13,19H,5-7,9H2,1H3,(H,20,21). The van der Waals surface area contributed by atoms with E-state index in [0.717, 1.165) is 31.5 Å². The molecule has 1 heterocycles. The Morgan fingerprint density at radius 2 is 2.19 bits per heavy atom. The van der Waals surface area contributed by atoms with Gasteiger partial charge in [-0.2, -0.15) is 13.2 Å². The molecular weight excluding hydrogens is 281 g/mol. The van der Waals surface area contributed by atoms with Crippen LogP contribution in [0.1, 0.15) is 30.9 Å². The summed E-state index contributed by atoms with van der Waals surface area (Å²) >= 11 is 0. The van der Waals surface area contributed by atoms with Crippen LogP contribution in [0.4, 0.5) is 13.2 Å². The van der Waals surface area contributed by atoms with Crippen LogP contribution in [-0.2, 0) is 17.4 Å². The molecule has 1 saturated heterocycles. The lowest BCUT2D eigenvalue weighted by Gasteiger charge is -2.28. The van der Waals surface area contributed by atoms with E-state index in [1.807, 2.05) is 6.92 Å². The summed E-state index contributed by atoms with van der Waals surface area (Å²) in [5.74, 6) is -0.228. The molecule has 1 amide bonds. The average Bonchev–Trinajstić information content (AvgIpc) is 2.37. The number of piperidine rings is 1. The van der Waals surface area contributed by atoms with Crippen molar-refractivity contribution in [2.75, 3.05) is 6.54 Å². The quantitative estimate of drug-likeness (QED) is 0.900. The first-order valence-corrected chi connectivity index (χ1v) is 7.03. The van der Waals surface area contributed by atoms with Gasteiger partial charge in [-0.3, -0.25) is 4.79 Å². The Morgan fingerprint density at radius 3 is 2.86 bits per heavy atom. The first-order valence-electron chi connectivity index (χ1n) is 7.03. The highest BCUT2D eigenvalue weighted by Crippen LogP contribution is 2.29. The molecule has 2 N–H and O–H groups in total. The van der Waals surface area contributed by atoms with Crippen molar-refractivity contribution < 1.29 is 18.0 Å². The van der Waals surface area contributed by atoms with E-state index in [-0.39, 0.29) is 18.4 Å². The van der Waals surface area contributed by atoms with Crippen LogP contribution in [0.2, 0.25) is 0 Å². The number of hydrogen-bond acceptors (Lipinski definition) is 2. The summed E-state index contributed by atoms with van der Waals surface area (Å²) in [5.41, 5.74) is -0.340. The molecule has 0 saturated carbocycles. The second-order valence-corrected chi connectivity index (χ2v) is 5.52. The number of rotatable bonds is 3. The van der Waals surface area contributed by atoms with Crippen molar-refractivity contribution in [1.29, 1.82) is 0 Å². The van der Waals surface area contributed by atoms with Gasteiger partial charge in [-0.05, 0) is 37.9 Å². The van der Waals surface area contributed by atoms with Crippen LogP contribution in [0.5, 0.6) is 0 Å². The number of amides is 1. The number of halogens is 3. The lowest BCUT2D eigenvalue weighted by atomic mass is 10.00. The molecule has 2 atom stereocenters. The van der Waals surface area contributed by atoms with Crippen molar-refractivity contribution in [1.82, 2.24) is 10.6 Å². The maximum atomic E-state index is 12.6. The third kappa shape index (κ3) is 4.74. The fourth-order valence-corrected chi connectivity index (χ4v) is 2.58. The molecule has 0 bridgehead atoms. The summed E-state index contributed by atoms with van der Waals surface area (Å²) in [6.07, 6.45) is -2.72. The van der Waals surface area contributed by atoms with Gasteiger partial charge in [-0.1, -0.05) is 18.2 Å². The van der Waals surface area contributed by atoms with Crippen LogP contribution in [0.15, 0.2) is 24.3 Å². The summed E-state index contributed by atoms with van der Waals surface area (Å²) < 4.78 is 37.8. The van der Waals surface area contributed by atoms with E-state index in [1.165, 1.54) is 6.07 Å². The van der Waals surface area contributed by atoms with Crippen LogP contribution < -0.4 is 10.6 Å². The minimum atomic E-state index is -4.38. The first kappa shape index (κ1) is 15.8. The minimum absolute atomic E-state index is 0.0256. The fraction of sp³-hybridized carbons (Fsp3) is 0.533. The number of carbonyl (C=O) groups excluding carboxylic acids is 1. The van der Waals surface area contributed by atoms with E-state index in [1.54, 1.807) is 6.07 Å². The maximum Gasteiger partial charge on any atom is 0.416 e. The Kier molecular flexibility index (Phi) is 4.88. The molecule has 0 aliphatic carbocycles. The zero-order valence-electron chi connectivity index (χ0n) is 11.8. The predicted molar refractivity (Wildman–Crippen MR) is 73.8 cm³/mol. The van der Waals surface area contributed by atoms with Crippen LogP contribution in [0.25, 0.3) is 0 Å². The highest BCUT2D eigenvalue weighted by atomic mass is 19.4. The molecule has 2 rings (SSSR count). The van der Waals surface area contributed by atoms with Crippen LogP contribution in [-0.4, -0.2) is 24.5 Å². The van der Waals surface area contributed by atoms with Gasteiger partial charge in [-0.15, -0.1) is 0 Å². The van der Waals surface area contributed by atoms with Crippen LogP contribution in [0.3, 0.4) is 0 Å². The number of hydrogen-bond donors (Lipinski definition) is 2. The van der Waals surface area contributed by atoms with E-state index in [0.29, 0.717) is 11.6 Å². The summed E-state index contributed by atoms with van der Waals surface area (Å²) in [7, 11) is 0. The lowest BCUT2D eigenvalue weighted by Crippen LogP contribution is -2.46. The van der Waals surface area contributed by atoms with E-state index in [4.69, 9.17) is 0 Å². The van der Waals surface area contributed by atoms with Gasteiger partial charge >= 0.3 is 6.18 Å². The van der Waals surface area contributed by atoms with Gasteiger partial charge in [0.1, 0.15) is 0 Å². The van der Waals surface area contributed by atoms with Crippen molar-refractivity contribution in [3.8, 4) is 0 Å². The van der Waals surface area contributed by atoms with Crippen molar-refractivity contribution in [3.05, 3.63) is 35.4 Å². The molecule has 6 heteroatoms. The third-order valence-electron chi connectivity index (χ3n) is 3.61. The lowest BCUT2D eigenvalue weighted by molar-refractivity contribution is -0.137. The molecule has 21 heavy (non-hydrogen) atoms. The van der Waals surface area contributed by atoms with Gasteiger partial charge in [0.2, 0.25) is 5.91 Å². The number of benzene rings is 1. The van der Waals surface area contributed by atoms with Crippen molar-refractivity contribution >= 4 is 5.91 Å². The zero-order valence-corrected chi connectivity index (χ0v) is 11.8. The largest absolute Gasteiger partial charge is 0.416 e. The second kappa shape index (κ2) is 6.47. The summed E-state index contributed by atoms with van der Waals surface area (Å²) in [4.78, 5) is 11.9. The van der Waals surface area contributed by atoms with Gasteiger partial charge in [-0.25, -0.2) is 0 Å². The number of carbonyl (C=O) groups is 1. The van der Waals surface area contributed by atoms with Crippen molar-refractivity contribution in [3.63, 3.8) is 0 Å². The Labute approximate surface area is 121 Å². The molecule has 1 aromatic carbocycles. The molecule has 0 spiro atoms. The Morgan fingerprint density at radius 1 is 1.43 bits per heavy atom. The number of alkyl halides is 3. The SMILES string of the molecule is CC1CC(NC(=O)Cc2cccc(C(F)(F)F)c2)CCN1. The molecule has 1 aliphatic rings. The first-order chi connectivity index (χ1) is 9.84. The van der Waals surface area contributed by atoms with Gasteiger partial charge in [0.05, 0.1) is 12.0 Å². The molecule has 1 aliphatic heterocycles. The Hall–Kier alpha value is -1.56. The smallest absolute Gasteiger partial charge is 0.353 e. The van der Waals surface area contributed by atoms with Gasteiger partial charge in [0.15, 0.2) is 0 Å². The van der Waals surface area contributed by atoms with Gasteiger partial charge in [0.25, 0.3) is 0 Å². The summed E-state index contributed by atoms with van der Waals surface area (Å²) in [6, 6.07) is 5.36. The summed E-state index contributed by atoms with van der Waals surface area (Å²) in [5, 5.41) is 6.18. The average molecular weight is 300 g/mol. The molecular formula is C15H19F3N2O. The van der Waals surface area contributed by atoms with Crippen molar-refractivity contribution in [2.45, 2.75) is 44.4 Å². The number of nitrogens with one attached hydrogen (secondary N) is 2. The normalized spacial score (nSPS) is 22.9. The predicted octanol–water partition coefficient (Wildman–Crippen LogP) is 2.50. The molecule has 1 fully saturated rings. The van der Waals surface area contributed by atoms with E-state index < -0.39 is 11.7 Å². The molecule has 3 nitrogen and oxygen atoms in total. The maximum absolute atomic E-state index is 12.6. The second-order valence-electron chi connectivity index (χ2n) is 5.52. The molecule has 2 unspecified atom stereocenters.